The van der Waals surface area contributed by atoms with Gasteiger partial charge in [-0.2, -0.15) is 0 Å². The number of rotatable bonds is 5. The summed E-state index contributed by atoms with van der Waals surface area (Å²) in [5, 5.41) is 2.52. The minimum atomic E-state index is -0.567. The van der Waals surface area contributed by atoms with Crippen molar-refractivity contribution < 1.29 is 23.5 Å². The molecule has 2 aromatic rings. The first-order chi connectivity index (χ1) is 12.0. The van der Waals surface area contributed by atoms with Crippen molar-refractivity contribution in [2.24, 2.45) is 0 Å². The SMILES string of the molecule is CCNC(=O)Oc1cccc(-c2ccc(C(C)C(=O)OC)cc2F)c1. The van der Waals surface area contributed by atoms with Gasteiger partial charge in [-0.15, -0.1) is 0 Å². The molecular formula is C19H20FNO4. The standard InChI is InChI=1S/C19H20FNO4/c1-4-21-19(23)25-15-7-5-6-14(10-15)16-9-8-13(11-17(16)20)12(2)18(22)24-3/h5-12H,4H2,1-3H3,(H,21,23). The third-order valence-electron chi connectivity index (χ3n) is 3.72. The Bertz CT molecular complexity index is 776. The van der Waals surface area contributed by atoms with Crippen molar-refractivity contribution in [3.05, 3.63) is 53.8 Å². The predicted molar refractivity (Wildman–Crippen MR) is 92.0 cm³/mol. The van der Waals surface area contributed by atoms with Crippen LogP contribution < -0.4 is 10.1 Å². The molecule has 0 aliphatic heterocycles. The van der Waals surface area contributed by atoms with Crippen LogP contribution in [0.1, 0.15) is 25.3 Å². The molecule has 0 saturated carbocycles. The van der Waals surface area contributed by atoms with E-state index in [0.717, 1.165) is 0 Å². The molecule has 2 aromatic carbocycles. The van der Waals surface area contributed by atoms with Gasteiger partial charge in [0, 0.05) is 12.1 Å². The van der Waals surface area contributed by atoms with E-state index in [-0.39, 0.29) is 0 Å². The van der Waals surface area contributed by atoms with Gasteiger partial charge < -0.3 is 14.8 Å². The van der Waals surface area contributed by atoms with Gasteiger partial charge in [0.1, 0.15) is 11.6 Å². The maximum atomic E-state index is 14.5. The van der Waals surface area contributed by atoms with Crippen molar-refractivity contribution in [1.29, 1.82) is 0 Å². The van der Waals surface area contributed by atoms with Crippen molar-refractivity contribution in [3.8, 4) is 16.9 Å². The Morgan fingerprint density at radius 3 is 2.60 bits per heavy atom. The van der Waals surface area contributed by atoms with Gasteiger partial charge in [-0.25, -0.2) is 9.18 Å². The molecule has 6 heteroatoms. The molecule has 0 aromatic heterocycles. The quantitative estimate of drug-likeness (QED) is 0.835. The smallest absolute Gasteiger partial charge is 0.412 e. The first kappa shape index (κ1) is 18.4. The molecule has 1 atom stereocenters. The van der Waals surface area contributed by atoms with Gasteiger partial charge in [0.05, 0.1) is 13.0 Å². The van der Waals surface area contributed by atoms with E-state index in [1.165, 1.54) is 13.2 Å². The molecule has 0 heterocycles. The van der Waals surface area contributed by atoms with E-state index in [4.69, 9.17) is 4.74 Å². The number of methoxy groups -OCH3 is 1. The van der Waals surface area contributed by atoms with Crippen LogP contribution in [0, 0.1) is 5.82 Å². The third kappa shape index (κ3) is 4.56. The Morgan fingerprint density at radius 1 is 1.20 bits per heavy atom. The Balaban J connectivity index is 2.27. The largest absolute Gasteiger partial charge is 0.469 e. The third-order valence-corrected chi connectivity index (χ3v) is 3.72. The van der Waals surface area contributed by atoms with Crippen LogP contribution in [0.5, 0.6) is 5.75 Å². The summed E-state index contributed by atoms with van der Waals surface area (Å²) >= 11 is 0. The highest BCUT2D eigenvalue weighted by molar-refractivity contribution is 5.78. The molecule has 0 radical (unpaired) electrons. The Kier molecular flexibility index (Phi) is 6.11. The van der Waals surface area contributed by atoms with E-state index in [0.29, 0.717) is 29.0 Å². The number of halogens is 1. The number of hydrogen-bond donors (Lipinski definition) is 1. The summed E-state index contributed by atoms with van der Waals surface area (Å²) in [7, 11) is 1.30. The van der Waals surface area contributed by atoms with Crippen molar-refractivity contribution in [2.45, 2.75) is 19.8 Å². The lowest BCUT2D eigenvalue weighted by Crippen LogP contribution is -2.26. The van der Waals surface area contributed by atoms with Gasteiger partial charge in [0.25, 0.3) is 0 Å². The van der Waals surface area contributed by atoms with E-state index in [1.807, 2.05) is 0 Å². The Morgan fingerprint density at radius 2 is 1.96 bits per heavy atom. The lowest BCUT2D eigenvalue weighted by Gasteiger charge is -2.12. The highest BCUT2D eigenvalue weighted by atomic mass is 19.1. The van der Waals surface area contributed by atoms with E-state index >= 15 is 0 Å². The van der Waals surface area contributed by atoms with Crippen molar-refractivity contribution in [3.63, 3.8) is 0 Å². The molecule has 0 fully saturated rings. The second-order valence-electron chi connectivity index (χ2n) is 5.43. The van der Waals surface area contributed by atoms with Gasteiger partial charge in [-0.3, -0.25) is 4.79 Å². The van der Waals surface area contributed by atoms with Crippen LogP contribution in [-0.4, -0.2) is 25.7 Å². The fourth-order valence-electron chi connectivity index (χ4n) is 2.36. The molecule has 0 aliphatic rings. The number of nitrogens with one attached hydrogen (secondary N) is 1. The number of benzene rings is 2. The van der Waals surface area contributed by atoms with Crippen LogP contribution >= 0.6 is 0 Å². The van der Waals surface area contributed by atoms with Crippen molar-refractivity contribution in [1.82, 2.24) is 5.32 Å². The van der Waals surface area contributed by atoms with Gasteiger partial charge in [0.2, 0.25) is 0 Å². The summed E-state index contributed by atoms with van der Waals surface area (Å²) in [4.78, 5) is 23.1. The molecule has 1 amide bonds. The van der Waals surface area contributed by atoms with Crippen LogP contribution in [-0.2, 0) is 9.53 Å². The van der Waals surface area contributed by atoms with Crippen molar-refractivity contribution in [2.75, 3.05) is 13.7 Å². The number of amides is 1. The number of esters is 1. The van der Waals surface area contributed by atoms with Crippen LogP contribution in [0.4, 0.5) is 9.18 Å². The molecule has 0 bridgehead atoms. The second kappa shape index (κ2) is 8.28. The molecule has 1 N–H and O–H groups in total. The summed E-state index contributed by atoms with van der Waals surface area (Å²) in [5.74, 6) is -1.14. The van der Waals surface area contributed by atoms with Gasteiger partial charge in [-0.1, -0.05) is 24.3 Å². The first-order valence-corrected chi connectivity index (χ1v) is 7.89. The van der Waals surface area contributed by atoms with Crippen LogP contribution in [0.15, 0.2) is 42.5 Å². The lowest BCUT2D eigenvalue weighted by atomic mass is 9.97. The lowest BCUT2D eigenvalue weighted by molar-refractivity contribution is -0.141. The summed E-state index contributed by atoms with van der Waals surface area (Å²) in [6, 6.07) is 11.2. The van der Waals surface area contributed by atoms with Crippen LogP contribution in [0.3, 0.4) is 0 Å². The van der Waals surface area contributed by atoms with E-state index in [9.17, 15) is 14.0 Å². The van der Waals surface area contributed by atoms with Gasteiger partial charge in [0.15, 0.2) is 0 Å². The minimum absolute atomic E-state index is 0.315. The molecule has 0 saturated heterocycles. The average Bonchev–Trinajstić information content (AvgIpc) is 2.60. The topological polar surface area (TPSA) is 64.6 Å². The summed E-state index contributed by atoms with van der Waals surface area (Å²) < 4.78 is 24.3. The fourth-order valence-corrected chi connectivity index (χ4v) is 2.36. The van der Waals surface area contributed by atoms with Crippen LogP contribution in [0.25, 0.3) is 11.1 Å². The normalized spacial score (nSPS) is 11.5. The maximum Gasteiger partial charge on any atom is 0.412 e. The minimum Gasteiger partial charge on any atom is -0.469 e. The molecule has 132 valence electrons. The molecule has 5 nitrogen and oxygen atoms in total. The molecule has 2 rings (SSSR count). The zero-order valence-corrected chi connectivity index (χ0v) is 14.3. The highest BCUT2D eigenvalue weighted by Gasteiger charge is 2.17. The molecule has 0 aliphatic carbocycles. The second-order valence-corrected chi connectivity index (χ2v) is 5.43. The van der Waals surface area contributed by atoms with Gasteiger partial charge >= 0.3 is 12.1 Å². The summed E-state index contributed by atoms with van der Waals surface area (Å²) in [6.45, 7) is 3.89. The average molecular weight is 345 g/mol. The van der Waals surface area contributed by atoms with E-state index < -0.39 is 23.8 Å². The number of carbonyl (C=O) groups excluding carboxylic acids is 2. The first-order valence-electron chi connectivity index (χ1n) is 7.89. The Labute approximate surface area is 145 Å². The van der Waals surface area contributed by atoms with E-state index in [1.54, 1.807) is 50.2 Å². The van der Waals surface area contributed by atoms with Crippen LogP contribution in [0.2, 0.25) is 0 Å². The van der Waals surface area contributed by atoms with Gasteiger partial charge in [-0.05, 0) is 43.2 Å². The van der Waals surface area contributed by atoms with E-state index in [2.05, 4.69) is 10.1 Å². The number of ether oxygens (including phenoxy) is 2. The predicted octanol–water partition coefficient (Wildman–Crippen LogP) is 3.88. The molecule has 25 heavy (non-hydrogen) atoms. The highest BCUT2D eigenvalue weighted by Crippen LogP contribution is 2.29. The zero-order chi connectivity index (χ0) is 18.4. The zero-order valence-electron chi connectivity index (χ0n) is 14.3. The monoisotopic (exact) mass is 345 g/mol. The summed E-state index contributed by atoms with van der Waals surface area (Å²) in [5.41, 5.74) is 1.45. The van der Waals surface area contributed by atoms with Crippen molar-refractivity contribution >= 4 is 12.1 Å². The molecule has 1 unspecified atom stereocenters. The molecular weight excluding hydrogens is 325 g/mol. The number of carbonyl (C=O) groups is 2. The maximum absolute atomic E-state index is 14.5. The summed E-state index contributed by atoms with van der Waals surface area (Å²) in [6.07, 6.45) is -0.567. The Hall–Kier alpha value is -2.89. The number of hydrogen-bond acceptors (Lipinski definition) is 4. The molecule has 0 spiro atoms. The fraction of sp³-hybridized carbons (Fsp3) is 0.263.